The third-order valence-electron chi connectivity index (χ3n) is 19.4. The lowest BCUT2D eigenvalue weighted by Gasteiger charge is -2.35. The number of thiophene rings is 1. The second-order valence-corrected chi connectivity index (χ2v) is 25.8. The molecule has 15 aromatic rings. The van der Waals surface area contributed by atoms with E-state index < -0.39 is 10.8 Å². The summed E-state index contributed by atoms with van der Waals surface area (Å²) in [5, 5.41) is 2.33. The first-order valence-electron chi connectivity index (χ1n) is 32.4. The van der Waals surface area contributed by atoms with Crippen molar-refractivity contribution in [3.05, 3.63) is 408 Å². The van der Waals surface area contributed by atoms with Crippen molar-refractivity contribution in [2.24, 2.45) is 0 Å². The molecule has 462 valence electrons. The van der Waals surface area contributed by atoms with E-state index in [1.54, 1.807) is 35.6 Å². The van der Waals surface area contributed by atoms with Gasteiger partial charge >= 0.3 is 0 Å². The summed E-state index contributed by atoms with van der Waals surface area (Å²) in [6.45, 7) is 7.81. The molecule has 0 fully saturated rings. The highest BCUT2D eigenvalue weighted by Gasteiger charge is 2.48. The quantitative estimate of drug-likeness (QED) is 0.0963. The Morgan fingerprint density at radius 3 is 0.969 bits per heavy atom. The Morgan fingerprint density at radius 2 is 0.598 bits per heavy atom. The van der Waals surface area contributed by atoms with E-state index in [0.29, 0.717) is 11.5 Å². The Morgan fingerprint density at radius 1 is 0.289 bits per heavy atom. The lowest BCUT2D eigenvalue weighted by atomic mass is 9.67. The Hall–Kier alpha value is -12.2. The summed E-state index contributed by atoms with van der Waals surface area (Å²) in [6, 6.07) is 112. The third-order valence-corrected chi connectivity index (χ3v) is 20.5. The van der Waals surface area contributed by atoms with Crippen molar-refractivity contribution in [1.29, 1.82) is 0 Å². The maximum absolute atomic E-state index is 15.2. The summed E-state index contributed by atoms with van der Waals surface area (Å²) in [7, 11) is 0. The molecule has 14 aromatic carbocycles. The third kappa shape index (κ3) is 9.93. The van der Waals surface area contributed by atoms with Gasteiger partial charge in [0.2, 0.25) is 0 Å². The first kappa shape index (κ1) is 58.6. The molecule has 1 aromatic heterocycles. The van der Waals surface area contributed by atoms with Crippen LogP contribution >= 0.6 is 11.3 Å². The average molecular weight is 1270 g/mol. The molecule has 0 saturated carbocycles. The standard InChI is InChI=1S/C90H60F2N2O2S/c1-3-59-23-43-73(44-24-59)95-75-47-31-63(32-48-75)89(61-27-35-65(91)36-28-61)83-21-13-11-19-77(83)79-51-39-69(55-85(79)89)93(67-15-7-5-8-16-67)71-41-53-81-82-54-42-72(58-88(82)97-87(81)57-71)94(68-17-9-6-10-18-68)70-40-52-80-78-20-12-14-22-84(78)90(86(80)56-70,62-29-37-66(92)38-30-62)64-33-49-76(50-34-64)96-74-45-25-60(4-2)26-46-74/h3-58H,1-2H2. The van der Waals surface area contributed by atoms with Crippen LogP contribution in [0.2, 0.25) is 0 Å². The molecule has 0 bridgehead atoms. The predicted molar refractivity (Wildman–Crippen MR) is 396 cm³/mol. The zero-order chi connectivity index (χ0) is 65.2. The molecule has 0 saturated heterocycles. The fraction of sp³-hybridized carbons (Fsp3) is 0.0222. The Labute approximate surface area is 566 Å². The topological polar surface area (TPSA) is 24.9 Å². The molecule has 97 heavy (non-hydrogen) atoms. The summed E-state index contributed by atoms with van der Waals surface area (Å²) in [5.41, 5.74) is 19.2. The molecule has 2 unspecified atom stereocenters. The van der Waals surface area contributed by atoms with Crippen molar-refractivity contribution in [2.45, 2.75) is 10.8 Å². The molecular weight excluding hydrogens is 1210 g/mol. The molecule has 17 rings (SSSR count). The summed E-state index contributed by atoms with van der Waals surface area (Å²) < 4.78 is 45.4. The number of nitrogens with zero attached hydrogens (tertiary/aromatic N) is 2. The highest BCUT2D eigenvalue weighted by atomic mass is 32.1. The molecule has 2 atom stereocenters. The summed E-state index contributed by atoms with van der Waals surface area (Å²) in [6.07, 6.45) is 3.63. The molecule has 4 nitrogen and oxygen atoms in total. The number of fused-ring (bicyclic) bond motifs is 9. The molecule has 0 radical (unpaired) electrons. The Bertz CT molecular complexity index is 5160. The van der Waals surface area contributed by atoms with Crippen molar-refractivity contribution < 1.29 is 18.3 Å². The highest BCUT2D eigenvalue weighted by molar-refractivity contribution is 7.25. The molecule has 0 amide bonds. The van der Waals surface area contributed by atoms with Crippen LogP contribution in [0, 0.1) is 11.6 Å². The molecule has 2 aliphatic carbocycles. The minimum Gasteiger partial charge on any atom is -0.457 e. The molecular formula is C90H60F2N2O2S. The maximum Gasteiger partial charge on any atom is 0.127 e. The van der Waals surface area contributed by atoms with Crippen LogP contribution in [0.4, 0.5) is 42.9 Å². The second-order valence-electron chi connectivity index (χ2n) is 24.7. The lowest BCUT2D eigenvalue weighted by Crippen LogP contribution is -2.28. The first-order chi connectivity index (χ1) is 47.7. The highest BCUT2D eigenvalue weighted by Crippen LogP contribution is 2.60. The van der Waals surface area contributed by atoms with Crippen LogP contribution in [0.5, 0.6) is 23.0 Å². The molecule has 7 heteroatoms. The minimum atomic E-state index is -0.832. The van der Waals surface area contributed by atoms with Crippen molar-refractivity contribution in [2.75, 3.05) is 9.80 Å². The van der Waals surface area contributed by atoms with Gasteiger partial charge < -0.3 is 19.3 Å². The van der Waals surface area contributed by atoms with Gasteiger partial charge in [-0.2, -0.15) is 0 Å². The van der Waals surface area contributed by atoms with Gasteiger partial charge in [-0.05, 0) is 223 Å². The van der Waals surface area contributed by atoms with Crippen LogP contribution in [0.15, 0.2) is 341 Å². The lowest BCUT2D eigenvalue weighted by molar-refractivity contribution is 0.482. The van der Waals surface area contributed by atoms with Crippen molar-refractivity contribution in [3.8, 4) is 45.3 Å². The molecule has 1 heterocycles. The SMILES string of the molecule is C=Cc1ccc(Oc2ccc(C3(c4ccc(F)cc4)c4ccccc4-c4ccc(N(c5ccccc5)c5ccc6c(c5)sc5cc(N(c7ccccc7)c7ccc8c(c7)C(c7ccc(F)cc7)(c7ccc(Oc9ccc(C=C)cc9)cc7)c7ccccc7-8)ccc56)cc43)cc2)cc1. The summed E-state index contributed by atoms with van der Waals surface area (Å²) in [4.78, 5) is 4.70. The number of halogens is 2. The van der Waals surface area contributed by atoms with Crippen LogP contribution in [-0.4, -0.2) is 0 Å². The molecule has 2 aliphatic rings. The Kier molecular flexibility index (Phi) is 14.5. The van der Waals surface area contributed by atoms with Crippen molar-refractivity contribution >= 4 is 77.8 Å². The Balaban J connectivity index is 0.774. The van der Waals surface area contributed by atoms with Gasteiger partial charge in [0.05, 0.1) is 10.8 Å². The van der Waals surface area contributed by atoms with E-state index in [0.717, 1.165) is 144 Å². The summed E-state index contributed by atoms with van der Waals surface area (Å²) in [5.74, 6) is 2.28. The van der Waals surface area contributed by atoms with Gasteiger partial charge in [-0.15, -0.1) is 11.3 Å². The smallest absolute Gasteiger partial charge is 0.127 e. The van der Waals surface area contributed by atoms with Crippen LogP contribution in [0.25, 0.3) is 54.6 Å². The van der Waals surface area contributed by atoms with Gasteiger partial charge in [0.25, 0.3) is 0 Å². The predicted octanol–water partition coefficient (Wildman–Crippen LogP) is 24.9. The number of hydrogen-bond acceptors (Lipinski definition) is 5. The second kappa shape index (κ2) is 24.0. The van der Waals surface area contributed by atoms with Gasteiger partial charge in [0.15, 0.2) is 0 Å². The van der Waals surface area contributed by atoms with Crippen LogP contribution < -0.4 is 19.3 Å². The van der Waals surface area contributed by atoms with E-state index in [1.807, 2.05) is 109 Å². The first-order valence-corrected chi connectivity index (χ1v) is 33.3. The number of ether oxygens (including phenoxy) is 2. The largest absolute Gasteiger partial charge is 0.457 e. The van der Waals surface area contributed by atoms with Gasteiger partial charge in [-0.3, -0.25) is 0 Å². The summed E-state index contributed by atoms with van der Waals surface area (Å²) >= 11 is 1.78. The van der Waals surface area contributed by atoms with E-state index in [2.05, 4.69) is 229 Å². The minimum absolute atomic E-state index is 0.295. The normalized spacial score (nSPS) is 14.9. The molecule has 0 aliphatic heterocycles. The van der Waals surface area contributed by atoms with Crippen molar-refractivity contribution in [3.63, 3.8) is 0 Å². The van der Waals surface area contributed by atoms with Gasteiger partial charge in [-0.25, -0.2) is 8.78 Å². The number of para-hydroxylation sites is 2. The number of benzene rings is 14. The maximum atomic E-state index is 15.2. The average Bonchev–Trinajstić information content (AvgIpc) is 1.59. The van der Waals surface area contributed by atoms with E-state index in [4.69, 9.17) is 9.47 Å². The van der Waals surface area contributed by atoms with E-state index in [1.165, 1.54) is 0 Å². The van der Waals surface area contributed by atoms with Crippen molar-refractivity contribution in [1.82, 2.24) is 0 Å². The van der Waals surface area contributed by atoms with E-state index in [9.17, 15) is 0 Å². The molecule has 0 N–H and O–H groups in total. The monoisotopic (exact) mass is 1270 g/mol. The van der Waals surface area contributed by atoms with E-state index in [-0.39, 0.29) is 11.6 Å². The van der Waals surface area contributed by atoms with Gasteiger partial charge in [-0.1, -0.05) is 207 Å². The number of rotatable bonds is 16. The van der Waals surface area contributed by atoms with Gasteiger partial charge in [0.1, 0.15) is 34.6 Å². The zero-order valence-electron chi connectivity index (χ0n) is 52.6. The number of anilines is 6. The number of hydrogen-bond donors (Lipinski definition) is 0. The fourth-order valence-electron chi connectivity index (χ4n) is 15.0. The fourth-order valence-corrected chi connectivity index (χ4v) is 16.2. The van der Waals surface area contributed by atoms with Crippen LogP contribution in [0.1, 0.15) is 55.6 Å². The van der Waals surface area contributed by atoms with Crippen LogP contribution in [-0.2, 0) is 10.8 Å². The zero-order valence-corrected chi connectivity index (χ0v) is 53.4. The molecule has 0 spiro atoms. The van der Waals surface area contributed by atoms with E-state index >= 15 is 8.78 Å². The van der Waals surface area contributed by atoms with Crippen LogP contribution in [0.3, 0.4) is 0 Å². The van der Waals surface area contributed by atoms with Gasteiger partial charge in [0, 0.05) is 54.3 Å².